The van der Waals surface area contributed by atoms with Crippen molar-refractivity contribution in [3.63, 3.8) is 0 Å². The first-order chi connectivity index (χ1) is 9.01. The van der Waals surface area contributed by atoms with Gasteiger partial charge in [0.05, 0.1) is 12.6 Å². The molecule has 0 aromatic heterocycles. The summed E-state index contributed by atoms with van der Waals surface area (Å²) in [5, 5.41) is 13.0. The van der Waals surface area contributed by atoms with Crippen LogP contribution in [0.3, 0.4) is 0 Å². The predicted octanol–water partition coefficient (Wildman–Crippen LogP) is 3.56. The SMILES string of the molecule is N#CC(NCC(F)(F)F)c1cccc2ccccc12. The van der Waals surface area contributed by atoms with Gasteiger partial charge in [-0.25, -0.2) is 0 Å². The van der Waals surface area contributed by atoms with Crippen LogP contribution < -0.4 is 5.32 Å². The topological polar surface area (TPSA) is 35.8 Å². The lowest BCUT2D eigenvalue weighted by Crippen LogP contribution is -2.31. The minimum Gasteiger partial charge on any atom is -0.290 e. The standard InChI is InChI=1S/C14H11F3N2/c15-14(16,17)9-19-13(8-18)12-7-3-5-10-4-1-2-6-11(10)12/h1-7,13,19H,9H2. The van der Waals surface area contributed by atoms with Crippen LogP contribution in [-0.2, 0) is 0 Å². The van der Waals surface area contributed by atoms with Gasteiger partial charge in [0.15, 0.2) is 0 Å². The van der Waals surface area contributed by atoms with Crippen LogP contribution in [0.2, 0.25) is 0 Å². The Bertz CT molecular complexity index is 609. The molecule has 0 spiro atoms. The van der Waals surface area contributed by atoms with Gasteiger partial charge in [-0.1, -0.05) is 42.5 Å². The fourth-order valence-electron chi connectivity index (χ4n) is 1.95. The molecule has 1 atom stereocenters. The van der Waals surface area contributed by atoms with Crippen LogP contribution in [-0.4, -0.2) is 12.7 Å². The van der Waals surface area contributed by atoms with E-state index < -0.39 is 18.8 Å². The van der Waals surface area contributed by atoms with E-state index in [0.717, 1.165) is 10.8 Å². The monoisotopic (exact) mass is 264 g/mol. The Balaban J connectivity index is 2.34. The summed E-state index contributed by atoms with van der Waals surface area (Å²) in [4.78, 5) is 0. The Morgan fingerprint density at radius 2 is 1.79 bits per heavy atom. The van der Waals surface area contributed by atoms with E-state index in [1.807, 2.05) is 24.3 Å². The zero-order chi connectivity index (χ0) is 13.9. The molecule has 0 aliphatic heterocycles. The lowest BCUT2D eigenvalue weighted by molar-refractivity contribution is -0.125. The summed E-state index contributed by atoms with van der Waals surface area (Å²) in [5.74, 6) is 0. The highest BCUT2D eigenvalue weighted by Gasteiger charge is 2.28. The first-order valence-corrected chi connectivity index (χ1v) is 5.69. The van der Waals surface area contributed by atoms with Crippen LogP contribution in [0.1, 0.15) is 11.6 Å². The normalized spacial score (nSPS) is 13.2. The lowest BCUT2D eigenvalue weighted by atomic mass is 9.99. The molecule has 19 heavy (non-hydrogen) atoms. The van der Waals surface area contributed by atoms with Crippen LogP contribution in [0, 0.1) is 11.3 Å². The summed E-state index contributed by atoms with van der Waals surface area (Å²) in [6.45, 7) is -1.19. The molecule has 98 valence electrons. The highest BCUT2D eigenvalue weighted by Crippen LogP contribution is 2.24. The summed E-state index contributed by atoms with van der Waals surface area (Å²) in [6, 6.07) is 13.4. The molecule has 0 saturated carbocycles. The van der Waals surface area contributed by atoms with Crippen molar-refractivity contribution in [2.75, 3.05) is 6.54 Å². The van der Waals surface area contributed by atoms with Crippen molar-refractivity contribution >= 4 is 10.8 Å². The number of nitrogens with zero attached hydrogens (tertiary/aromatic N) is 1. The molecule has 0 fully saturated rings. The van der Waals surface area contributed by atoms with Crippen LogP contribution >= 0.6 is 0 Å². The summed E-state index contributed by atoms with van der Waals surface area (Å²) in [6.07, 6.45) is -4.33. The van der Waals surface area contributed by atoms with Crippen LogP contribution in [0.5, 0.6) is 0 Å². The van der Waals surface area contributed by atoms with Gasteiger partial charge in [-0.3, -0.25) is 5.32 Å². The molecule has 1 unspecified atom stereocenters. The molecule has 0 heterocycles. The Hall–Kier alpha value is -2.06. The third kappa shape index (κ3) is 3.24. The largest absolute Gasteiger partial charge is 0.401 e. The first-order valence-electron chi connectivity index (χ1n) is 5.69. The fraction of sp³-hybridized carbons (Fsp3) is 0.214. The fourth-order valence-corrected chi connectivity index (χ4v) is 1.95. The molecule has 0 saturated heterocycles. The van der Waals surface area contributed by atoms with E-state index in [4.69, 9.17) is 5.26 Å². The average Bonchev–Trinajstić information content (AvgIpc) is 2.38. The van der Waals surface area contributed by atoms with E-state index in [9.17, 15) is 13.2 Å². The molecule has 0 radical (unpaired) electrons. The zero-order valence-electron chi connectivity index (χ0n) is 9.91. The van der Waals surface area contributed by atoms with Crippen LogP contribution in [0.4, 0.5) is 13.2 Å². The maximum Gasteiger partial charge on any atom is 0.401 e. The molecule has 2 aromatic carbocycles. The van der Waals surface area contributed by atoms with E-state index in [0.29, 0.717) is 5.56 Å². The Morgan fingerprint density at radius 3 is 2.47 bits per heavy atom. The third-order valence-electron chi connectivity index (χ3n) is 2.77. The number of alkyl halides is 3. The van der Waals surface area contributed by atoms with Gasteiger partial charge in [0.2, 0.25) is 0 Å². The number of hydrogen-bond acceptors (Lipinski definition) is 2. The predicted molar refractivity (Wildman–Crippen MR) is 66.4 cm³/mol. The molecular formula is C14H11F3N2. The Kier molecular flexibility index (Phi) is 3.72. The molecule has 0 bridgehead atoms. The molecule has 2 nitrogen and oxygen atoms in total. The quantitative estimate of drug-likeness (QED) is 0.920. The van der Waals surface area contributed by atoms with Crippen molar-refractivity contribution in [1.29, 1.82) is 5.26 Å². The second kappa shape index (κ2) is 5.29. The molecule has 0 aliphatic carbocycles. The maximum atomic E-state index is 12.2. The number of rotatable bonds is 3. The highest BCUT2D eigenvalue weighted by atomic mass is 19.4. The van der Waals surface area contributed by atoms with Gasteiger partial charge < -0.3 is 0 Å². The van der Waals surface area contributed by atoms with E-state index in [1.54, 1.807) is 24.3 Å². The van der Waals surface area contributed by atoms with Crippen molar-refractivity contribution in [2.45, 2.75) is 12.2 Å². The second-order valence-electron chi connectivity index (χ2n) is 4.13. The number of fused-ring (bicyclic) bond motifs is 1. The number of nitrogens with one attached hydrogen (secondary N) is 1. The summed E-state index contributed by atoms with van der Waals surface area (Å²) in [7, 11) is 0. The van der Waals surface area contributed by atoms with Gasteiger partial charge in [-0.15, -0.1) is 0 Å². The summed E-state index contributed by atoms with van der Waals surface area (Å²) in [5.41, 5.74) is 0.560. The van der Waals surface area contributed by atoms with E-state index in [-0.39, 0.29) is 0 Å². The summed E-state index contributed by atoms with van der Waals surface area (Å²) >= 11 is 0. The van der Waals surface area contributed by atoms with Crippen molar-refractivity contribution in [1.82, 2.24) is 5.32 Å². The number of halogens is 3. The van der Waals surface area contributed by atoms with Gasteiger partial charge in [-0.05, 0) is 16.3 Å². The zero-order valence-corrected chi connectivity index (χ0v) is 9.91. The van der Waals surface area contributed by atoms with Gasteiger partial charge in [0, 0.05) is 0 Å². The smallest absolute Gasteiger partial charge is 0.290 e. The van der Waals surface area contributed by atoms with Crippen molar-refractivity contribution in [3.05, 3.63) is 48.0 Å². The maximum absolute atomic E-state index is 12.2. The average molecular weight is 264 g/mol. The third-order valence-corrected chi connectivity index (χ3v) is 2.77. The summed E-state index contributed by atoms with van der Waals surface area (Å²) < 4.78 is 36.6. The molecule has 2 aromatic rings. The van der Waals surface area contributed by atoms with Crippen molar-refractivity contribution in [3.8, 4) is 6.07 Å². The molecule has 2 rings (SSSR count). The molecule has 0 aliphatic rings. The van der Waals surface area contributed by atoms with Gasteiger partial charge >= 0.3 is 6.18 Å². The molecular weight excluding hydrogens is 253 g/mol. The van der Waals surface area contributed by atoms with Gasteiger partial charge in [0.25, 0.3) is 0 Å². The van der Waals surface area contributed by atoms with Crippen LogP contribution in [0.15, 0.2) is 42.5 Å². The molecule has 0 amide bonds. The van der Waals surface area contributed by atoms with Crippen molar-refractivity contribution in [2.24, 2.45) is 0 Å². The number of hydrogen-bond donors (Lipinski definition) is 1. The van der Waals surface area contributed by atoms with Crippen LogP contribution in [0.25, 0.3) is 10.8 Å². The van der Waals surface area contributed by atoms with E-state index in [1.165, 1.54) is 0 Å². The number of benzene rings is 2. The second-order valence-corrected chi connectivity index (χ2v) is 4.13. The van der Waals surface area contributed by atoms with Crippen molar-refractivity contribution < 1.29 is 13.2 Å². The van der Waals surface area contributed by atoms with Gasteiger partial charge in [0.1, 0.15) is 6.04 Å². The first kappa shape index (κ1) is 13.4. The van der Waals surface area contributed by atoms with E-state index >= 15 is 0 Å². The highest BCUT2D eigenvalue weighted by molar-refractivity contribution is 5.86. The van der Waals surface area contributed by atoms with E-state index in [2.05, 4.69) is 5.32 Å². The lowest BCUT2D eigenvalue weighted by Gasteiger charge is -2.15. The Morgan fingerprint density at radius 1 is 1.11 bits per heavy atom. The molecule has 5 heteroatoms. The number of nitriles is 1. The molecule has 1 N–H and O–H groups in total. The Labute approximate surface area is 108 Å². The minimum absolute atomic E-state index is 0.560. The van der Waals surface area contributed by atoms with Gasteiger partial charge in [-0.2, -0.15) is 18.4 Å². The minimum atomic E-state index is -4.33.